The summed E-state index contributed by atoms with van der Waals surface area (Å²) in [5.41, 5.74) is 1.95. The van der Waals surface area contributed by atoms with Crippen LogP contribution < -0.4 is 4.74 Å². The number of methoxy groups -OCH3 is 1. The maximum atomic E-state index is 11.7. The third-order valence-electron chi connectivity index (χ3n) is 2.86. The first kappa shape index (κ1) is 12.8. The van der Waals surface area contributed by atoms with E-state index in [2.05, 4.69) is 13.8 Å². The lowest BCUT2D eigenvalue weighted by molar-refractivity contribution is 0.0979. The van der Waals surface area contributed by atoms with Crippen LogP contribution in [0.5, 0.6) is 5.75 Å². The second-order valence-corrected chi connectivity index (χ2v) is 4.40. The Hall–Kier alpha value is -1.31. The number of hydrogen-bond donors (Lipinski definition) is 0. The van der Waals surface area contributed by atoms with Crippen molar-refractivity contribution < 1.29 is 9.53 Å². The van der Waals surface area contributed by atoms with Crippen LogP contribution in [0.4, 0.5) is 0 Å². The molecule has 0 heterocycles. The standard InChI is InChI=1S/C12H14O2.C2H6/c1-12(2)7-11(13)9-6-8(14-3)4-5-10(9)12;1-2/h4-6H,7H2,1-3H3;1-2H3. The van der Waals surface area contributed by atoms with Gasteiger partial charge in [-0.1, -0.05) is 33.8 Å². The number of ketones is 1. The second kappa shape index (κ2) is 4.69. The van der Waals surface area contributed by atoms with Gasteiger partial charge in [0.25, 0.3) is 0 Å². The minimum absolute atomic E-state index is 0.0152. The summed E-state index contributed by atoms with van der Waals surface area (Å²) in [6, 6.07) is 5.75. The Labute approximate surface area is 97.6 Å². The molecule has 0 amide bonds. The van der Waals surface area contributed by atoms with E-state index in [0.29, 0.717) is 6.42 Å². The highest BCUT2D eigenvalue weighted by atomic mass is 16.5. The van der Waals surface area contributed by atoms with Gasteiger partial charge in [0.05, 0.1) is 7.11 Å². The molecule has 1 aromatic rings. The van der Waals surface area contributed by atoms with E-state index in [-0.39, 0.29) is 11.2 Å². The van der Waals surface area contributed by atoms with Crippen LogP contribution in [0.25, 0.3) is 0 Å². The third-order valence-corrected chi connectivity index (χ3v) is 2.86. The molecule has 0 bridgehead atoms. The predicted octanol–water partition coefficient (Wildman–Crippen LogP) is 3.59. The molecule has 1 aliphatic rings. The zero-order valence-electron chi connectivity index (χ0n) is 10.8. The zero-order valence-corrected chi connectivity index (χ0v) is 10.8. The van der Waals surface area contributed by atoms with Gasteiger partial charge < -0.3 is 4.74 Å². The van der Waals surface area contributed by atoms with Gasteiger partial charge in [-0.2, -0.15) is 0 Å². The summed E-state index contributed by atoms with van der Waals surface area (Å²) in [5, 5.41) is 0. The molecule has 1 aromatic carbocycles. The number of benzene rings is 1. The molecule has 0 aromatic heterocycles. The van der Waals surface area contributed by atoms with Crippen molar-refractivity contribution in [3.63, 3.8) is 0 Å². The van der Waals surface area contributed by atoms with E-state index in [0.717, 1.165) is 16.9 Å². The molecule has 88 valence electrons. The van der Waals surface area contributed by atoms with Crippen LogP contribution in [0.3, 0.4) is 0 Å². The van der Waals surface area contributed by atoms with Crippen molar-refractivity contribution in [2.24, 2.45) is 0 Å². The van der Waals surface area contributed by atoms with Crippen LogP contribution >= 0.6 is 0 Å². The molecule has 0 unspecified atom stereocenters. The Morgan fingerprint density at radius 2 is 1.88 bits per heavy atom. The molecule has 0 saturated carbocycles. The Balaban J connectivity index is 0.000000606. The first-order valence-electron chi connectivity index (χ1n) is 5.76. The molecule has 1 aliphatic carbocycles. The number of carbonyl (C=O) groups excluding carboxylic acids is 1. The molecular formula is C14H20O2. The van der Waals surface area contributed by atoms with E-state index in [1.807, 2.05) is 32.0 Å². The summed E-state index contributed by atoms with van der Waals surface area (Å²) in [6.45, 7) is 8.20. The number of ether oxygens (including phenoxy) is 1. The summed E-state index contributed by atoms with van der Waals surface area (Å²) < 4.78 is 5.10. The smallest absolute Gasteiger partial charge is 0.164 e. The van der Waals surface area contributed by atoms with Gasteiger partial charge in [-0.05, 0) is 23.1 Å². The first-order valence-corrected chi connectivity index (χ1v) is 5.76. The van der Waals surface area contributed by atoms with Gasteiger partial charge in [-0.25, -0.2) is 0 Å². The van der Waals surface area contributed by atoms with Gasteiger partial charge in [0.2, 0.25) is 0 Å². The van der Waals surface area contributed by atoms with Crippen LogP contribution in [0.1, 0.15) is 50.0 Å². The molecule has 2 rings (SSSR count). The Morgan fingerprint density at radius 1 is 1.25 bits per heavy atom. The highest BCUT2D eigenvalue weighted by molar-refractivity contribution is 6.02. The monoisotopic (exact) mass is 220 g/mol. The molecule has 2 heteroatoms. The molecule has 2 nitrogen and oxygen atoms in total. The number of carbonyl (C=O) groups is 1. The molecule has 0 N–H and O–H groups in total. The SMILES string of the molecule is CC.COc1ccc2c(c1)C(=O)CC2(C)C. The van der Waals surface area contributed by atoms with Crippen LogP contribution in [0.2, 0.25) is 0 Å². The zero-order chi connectivity index (χ0) is 12.3. The Morgan fingerprint density at radius 3 is 2.44 bits per heavy atom. The molecule has 0 radical (unpaired) electrons. The highest BCUT2D eigenvalue weighted by Gasteiger charge is 2.35. The highest BCUT2D eigenvalue weighted by Crippen LogP contribution is 2.39. The van der Waals surface area contributed by atoms with Crippen molar-refractivity contribution in [3.8, 4) is 5.75 Å². The maximum absolute atomic E-state index is 11.7. The average molecular weight is 220 g/mol. The molecule has 0 saturated heterocycles. The maximum Gasteiger partial charge on any atom is 0.164 e. The van der Waals surface area contributed by atoms with E-state index in [9.17, 15) is 4.79 Å². The molecular weight excluding hydrogens is 200 g/mol. The van der Waals surface area contributed by atoms with E-state index in [4.69, 9.17) is 4.74 Å². The topological polar surface area (TPSA) is 26.3 Å². The lowest BCUT2D eigenvalue weighted by Crippen LogP contribution is -2.12. The van der Waals surface area contributed by atoms with Crippen molar-refractivity contribution in [2.75, 3.05) is 7.11 Å². The fourth-order valence-electron chi connectivity index (χ4n) is 2.06. The second-order valence-electron chi connectivity index (χ2n) is 4.40. The summed E-state index contributed by atoms with van der Waals surface area (Å²) in [4.78, 5) is 11.7. The van der Waals surface area contributed by atoms with Crippen LogP contribution in [-0.4, -0.2) is 12.9 Å². The van der Waals surface area contributed by atoms with E-state index in [1.54, 1.807) is 7.11 Å². The Bertz CT molecular complexity index is 392. The molecule has 0 atom stereocenters. The largest absolute Gasteiger partial charge is 0.497 e. The minimum Gasteiger partial charge on any atom is -0.497 e. The minimum atomic E-state index is -0.0152. The fourth-order valence-corrected chi connectivity index (χ4v) is 2.06. The fraction of sp³-hybridized carbons (Fsp3) is 0.500. The molecule has 0 aliphatic heterocycles. The lowest BCUT2D eigenvalue weighted by Gasteiger charge is -2.17. The number of rotatable bonds is 1. The summed E-state index contributed by atoms with van der Waals surface area (Å²) in [5.74, 6) is 0.985. The van der Waals surface area contributed by atoms with Crippen LogP contribution in [0.15, 0.2) is 18.2 Å². The van der Waals surface area contributed by atoms with Crippen molar-refractivity contribution >= 4 is 5.78 Å². The summed E-state index contributed by atoms with van der Waals surface area (Å²) in [7, 11) is 1.62. The van der Waals surface area contributed by atoms with Gasteiger partial charge in [-0.15, -0.1) is 0 Å². The number of fused-ring (bicyclic) bond motifs is 1. The molecule has 0 spiro atoms. The van der Waals surface area contributed by atoms with E-state index in [1.165, 1.54) is 0 Å². The quantitative estimate of drug-likeness (QED) is 0.723. The number of hydrogen-bond acceptors (Lipinski definition) is 2. The van der Waals surface area contributed by atoms with Crippen molar-refractivity contribution in [2.45, 2.75) is 39.5 Å². The summed E-state index contributed by atoms with van der Waals surface area (Å²) in [6.07, 6.45) is 0.607. The van der Waals surface area contributed by atoms with Crippen LogP contribution in [0, 0.1) is 0 Å². The molecule has 0 fully saturated rings. The van der Waals surface area contributed by atoms with Crippen molar-refractivity contribution in [1.82, 2.24) is 0 Å². The van der Waals surface area contributed by atoms with Gasteiger partial charge in [0.15, 0.2) is 5.78 Å². The third kappa shape index (κ3) is 2.11. The first-order chi connectivity index (χ1) is 7.54. The number of Topliss-reactive ketones (excluding diaryl/α,β-unsaturated/α-hetero) is 1. The summed E-state index contributed by atoms with van der Waals surface area (Å²) >= 11 is 0. The van der Waals surface area contributed by atoms with E-state index < -0.39 is 0 Å². The normalized spacial score (nSPS) is 16.2. The van der Waals surface area contributed by atoms with Gasteiger partial charge in [0.1, 0.15) is 5.75 Å². The average Bonchev–Trinajstić information content (AvgIpc) is 2.52. The van der Waals surface area contributed by atoms with Gasteiger partial charge in [-0.3, -0.25) is 4.79 Å². The van der Waals surface area contributed by atoms with Gasteiger partial charge >= 0.3 is 0 Å². The Kier molecular flexibility index (Phi) is 3.74. The van der Waals surface area contributed by atoms with Crippen molar-refractivity contribution in [3.05, 3.63) is 29.3 Å². The predicted molar refractivity (Wildman–Crippen MR) is 66.3 cm³/mol. The van der Waals surface area contributed by atoms with E-state index >= 15 is 0 Å². The molecule has 16 heavy (non-hydrogen) atoms. The lowest BCUT2D eigenvalue weighted by atomic mass is 9.87. The van der Waals surface area contributed by atoms with Gasteiger partial charge in [0, 0.05) is 12.0 Å². The van der Waals surface area contributed by atoms with Crippen molar-refractivity contribution in [1.29, 1.82) is 0 Å². The van der Waals surface area contributed by atoms with Crippen LogP contribution in [-0.2, 0) is 5.41 Å².